The first kappa shape index (κ1) is 15.4. The second-order valence-electron chi connectivity index (χ2n) is 5.89. The van der Waals surface area contributed by atoms with Gasteiger partial charge in [0.1, 0.15) is 23.7 Å². The number of hydrogen-bond donors (Lipinski definition) is 1. The summed E-state index contributed by atoms with van der Waals surface area (Å²) in [7, 11) is 0. The average molecular weight is 314 g/mol. The zero-order valence-corrected chi connectivity index (χ0v) is 13.0. The fourth-order valence-corrected chi connectivity index (χ4v) is 2.79. The van der Waals surface area contributed by atoms with E-state index in [2.05, 4.69) is 27.1 Å². The summed E-state index contributed by atoms with van der Waals surface area (Å²) in [4.78, 5) is 22.7. The Morgan fingerprint density at radius 3 is 2.96 bits per heavy atom. The number of halogens is 1. The van der Waals surface area contributed by atoms with Gasteiger partial charge in [0, 0.05) is 19.2 Å². The van der Waals surface area contributed by atoms with Gasteiger partial charge in [-0.25, -0.2) is 14.4 Å². The lowest BCUT2D eigenvalue weighted by molar-refractivity contribution is 0.102. The molecule has 1 N–H and O–H groups in total. The standard InChI is InChI=1S/C17H19FN4O/c1-12-5-4-8-22(10-12)16-9-15(19-11-20-16)17(23)21-14-7-3-2-6-13(14)18/h2-3,6-7,9,11-12H,4-5,8,10H2,1H3,(H,21,23). The molecule has 1 aliphatic rings. The van der Waals surface area contributed by atoms with Crippen molar-refractivity contribution in [1.82, 2.24) is 9.97 Å². The molecular weight excluding hydrogens is 295 g/mol. The smallest absolute Gasteiger partial charge is 0.274 e. The van der Waals surface area contributed by atoms with Crippen molar-refractivity contribution in [2.75, 3.05) is 23.3 Å². The lowest BCUT2D eigenvalue weighted by Crippen LogP contribution is -2.35. The molecular formula is C17H19FN4O. The van der Waals surface area contributed by atoms with Gasteiger partial charge < -0.3 is 10.2 Å². The summed E-state index contributed by atoms with van der Waals surface area (Å²) in [6.07, 6.45) is 3.70. The Bertz CT molecular complexity index is 706. The molecule has 1 aromatic heterocycles. The summed E-state index contributed by atoms with van der Waals surface area (Å²) in [5.41, 5.74) is 0.376. The summed E-state index contributed by atoms with van der Waals surface area (Å²) in [6, 6.07) is 7.72. The van der Waals surface area contributed by atoms with Gasteiger partial charge in [-0.1, -0.05) is 19.1 Å². The number of anilines is 2. The molecule has 2 aromatic rings. The maximum absolute atomic E-state index is 13.6. The van der Waals surface area contributed by atoms with Crippen LogP contribution in [-0.4, -0.2) is 29.0 Å². The zero-order chi connectivity index (χ0) is 16.2. The summed E-state index contributed by atoms with van der Waals surface area (Å²) >= 11 is 0. The molecule has 1 unspecified atom stereocenters. The molecule has 5 nitrogen and oxygen atoms in total. The van der Waals surface area contributed by atoms with E-state index in [0.29, 0.717) is 5.92 Å². The number of carbonyl (C=O) groups excluding carboxylic acids is 1. The van der Waals surface area contributed by atoms with Crippen LogP contribution >= 0.6 is 0 Å². The molecule has 2 heterocycles. The number of rotatable bonds is 3. The van der Waals surface area contributed by atoms with Gasteiger partial charge in [-0.2, -0.15) is 0 Å². The van der Waals surface area contributed by atoms with Gasteiger partial charge in [-0.05, 0) is 30.9 Å². The molecule has 0 bridgehead atoms. The molecule has 6 heteroatoms. The van der Waals surface area contributed by atoms with Crippen LogP contribution in [0.3, 0.4) is 0 Å². The van der Waals surface area contributed by atoms with Crippen LogP contribution in [0.1, 0.15) is 30.3 Å². The molecule has 1 atom stereocenters. The maximum atomic E-state index is 13.6. The van der Waals surface area contributed by atoms with Crippen LogP contribution < -0.4 is 10.2 Å². The first-order valence-corrected chi connectivity index (χ1v) is 7.76. The number of piperidine rings is 1. The second kappa shape index (κ2) is 6.73. The van der Waals surface area contributed by atoms with E-state index < -0.39 is 11.7 Å². The van der Waals surface area contributed by atoms with E-state index in [9.17, 15) is 9.18 Å². The number of carbonyl (C=O) groups is 1. The Morgan fingerprint density at radius 1 is 1.35 bits per heavy atom. The van der Waals surface area contributed by atoms with E-state index in [-0.39, 0.29) is 11.4 Å². The third-order valence-corrected chi connectivity index (χ3v) is 3.99. The van der Waals surface area contributed by atoms with Crippen molar-refractivity contribution in [1.29, 1.82) is 0 Å². The van der Waals surface area contributed by atoms with Gasteiger partial charge >= 0.3 is 0 Å². The largest absolute Gasteiger partial charge is 0.356 e. The van der Waals surface area contributed by atoms with E-state index in [1.807, 2.05) is 0 Å². The number of amides is 1. The van der Waals surface area contributed by atoms with Crippen molar-refractivity contribution in [3.05, 3.63) is 48.2 Å². The molecule has 1 aliphatic heterocycles. The summed E-state index contributed by atoms with van der Waals surface area (Å²) < 4.78 is 13.6. The third kappa shape index (κ3) is 3.64. The van der Waals surface area contributed by atoms with Gasteiger partial charge in [0.25, 0.3) is 5.91 Å². The Kier molecular flexibility index (Phi) is 4.50. The summed E-state index contributed by atoms with van der Waals surface area (Å²) in [5, 5.41) is 2.54. The SMILES string of the molecule is CC1CCCN(c2cc(C(=O)Nc3ccccc3F)ncn2)C1. The van der Waals surface area contributed by atoms with Gasteiger partial charge in [-0.15, -0.1) is 0 Å². The highest BCUT2D eigenvalue weighted by molar-refractivity contribution is 6.03. The first-order chi connectivity index (χ1) is 11.1. The third-order valence-electron chi connectivity index (χ3n) is 3.99. The minimum absolute atomic E-state index is 0.143. The monoisotopic (exact) mass is 314 g/mol. The summed E-state index contributed by atoms with van der Waals surface area (Å²) in [5.74, 6) is 0.434. The van der Waals surface area contributed by atoms with Crippen LogP contribution in [0, 0.1) is 11.7 Å². The van der Waals surface area contributed by atoms with Crippen molar-refractivity contribution in [2.45, 2.75) is 19.8 Å². The fraction of sp³-hybridized carbons (Fsp3) is 0.353. The highest BCUT2D eigenvalue weighted by Gasteiger charge is 2.19. The minimum Gasteiger partial charge on any atom is -0.356 e. The lowest BCUT2D eigenvalue weighted by Gasteiger charge is -2.31. The van der Waals surface area contributed by atoms with Gasteiger partial charge in [0.2, 0.25) is 0 Å². The lowest BCUT2D eigenvalue weighted by atomic mass is 10.0. The molecule has 0 radical (unpaired) electrons. The molecule has 23 heavy (non-hydrogen) atoms. The molecule has 0 saturated carbocycles. The zero-order valence-electron chi connectivity index (χ0n) is 13.0. The predicted molar refractivity (Wildman–Crippen MR) is 87.0 cm³/mol. The fourth-order valence-electron chi connectivity index (χ4n) is 2.79. The Balaban J connectivity index is 1.76. The predicted octanol–water partition coefficient (Wildman–Crippen LogP) is 3.10. The van der Waals surface area contributed by atoms with E-state index in [4.69, 9.17) is 0 Å². The maximum Gasteiger partial charge on any atom is 0.274 e. The second-order valence-corrected chi connectivity index (χ2v) is 5.89. The Labute approximate surface area is 134 Å². The van der Waals surface area contributed by atoms with Crippen LogP contribution in [-0.2, 0) is 0 Å². The van der Waals surface area contributed by atoms with E-state index in [1.54, 1.807) is 18.2 Å². The minimum atomic E-state index is -0.472. The highest BCUT2D eigenvalue weighted by atomic mass is 19.1. The molecule has 120 valence electrons. The molecule has 1 amide bonds. The van der Waals surface area contributed by atoms with Crippen molar-refractivity contribution in [3.8, 4) is 0 Å². The molecule has 3 rings (SSSR count). The van der Waals surface area contributed by atoms with Gasteiger partial charge in [0.15, 0.2) is 0 Å². The quantitative estimate of drug-likeness (QED) is 0.946. The van der Waals surface area contributed by atoms with Crippen LogP contribution in [0.4, 0.5) is 15.9 Å². The highest BCUT2D eigenvalue weighted by Crippen LogP contribution is 2.21. The van der Waals surface area contributed by atoms with E-state index in [0.717, 1.165) is 25.3 Å². The van der Waals surface area contributed by atoms with Crippen molar-refractivity contribution < 1.29 is 9.18 Å². The van der Waals surface area contributed by atoms with E-state index >= 15 is 0 Å². The number of nitrogens with zero attached hydrogens (tertiary/aromatic N) is 3. The number of aromatic nitrogens is 2. The summed E-state index contributed by atoms with van der Waals surface area (Å²) in [6.45, 7) is 4.06. The van der Waals surface area contributed by atoms with Crippen LogP contribution in [0.15, 0.2) is 36.7 Å². The molecule has 1 fully saturated rings. The first-order valence-electron chi connectivity index (χ1n) is 7.76. The van der Waals surface area contributed by atoms with Crippen molar-refractivity contribution in [3.63, 3.8) is 0 Å². The number of benzene rings is 1. The normalized spacial score (nSPS) is 17.8. The molecule has 1 saturated heterocycles. The van der Waals surface area contributed by atoms with Gasteiger partial charge in [0.05, 0.1) is 5.69 Å². The molecule has 0 spiro atoms. The van der Waals surface area contributed by atoms with Crippen LogP contribution in [0.25, 0.3) is 0 Å². The number of para-hydroxylation sites is 1. The Hall–Kier alpha value is -2.50. The van der Waals surface area contributed by atoms with Gasteiger partial charge in [-0.3, -0.25) is 4.79 Å². The van der Waals surface area contributed by atoms with E-state index in [1.165, 1.54) is 24.9 Å². The molecule has 1 aromatic carbocycles. The van der Waals surface area contributed by atoms with Crippen molar-refractivity contribution in [2.24, 2.45) is 5.92 Å². The number of nitrogens with one attached hydrogen (secondary N) is 1. The number of hydrogen-bond acceptors (Lipinski definition) is 4. The van der Waals surface area contributed by atoms with Crippen LogP contribution in [0.5, 0.6) is 0 Å². The topological polar surface area (TPSA) is 58.1 Å². The van der Waals surface area contributed by atoms with Crippen LogP contribution in [0.2, 0.25) is 0 Å². The Morgan fingerprint density at radius 2 is 2.17 bits per heavy atom. The average Bonchev–Trinajstić information content (AvgIpc) is 2.57. The molecule has 0 aliphatic carbocycles. The van der Waals surface area contributed by atoms with Crippen molar-refractivity contribution >= 4 is 17.4 Å².